The van der Waals surface area contributed by atoms with Crippen LogP contribution in [0.25, 0.3) is 21.7 Å². The number of hydrogen-bond donors (Lipinski definition) is 1. The highest BCUT2D eigenvalue weighted by Gasteiger charge is 2.29. The summed E-state index contributed by atoms with van der Waals surface area (Å²) in [6.07, 6.45) is 0. The van der Waals surface area contributed by atoms with Crippen LogP contribution in [0.5, 0.6) is 34.5 Å². The van der Waals surface area contributed by atoms with E-state index in [1.807, 2.05) is 48.5 Å². The minimum atomic E-state index is -0.331. The highest BCUT2D eigenvalue weighted by Crippen LogP contribution is 2.45. The van der Waals surface area contributed by atoms with Gasteiger partial charge in [-0.15, -0.1) is 0 Å². The van der Waals surface area contributed by atoms with Crippen LogP contribution in [-0.2, 0) is 13.1 Å². The molecule has 212 valence electrons. The number of nitrogens with zero attached hydrogens (tertiary/aromatic N) is 1. The number of aromatic nitrogens is 1. The zero-order chi connectivity index (χ0) is 28.8. The lowest BCUT2D eigenvalue weighted by Crippen LogP contribution is -2.25. The molecule has 0 aliphatic carbocycles. The van der Waals surface area contributed by atoms with Gasteiger partial charge < -0.3 is 33.7 Å². The molecule has 0 atom stereocenters. The summed E-state index contributed by atoms with van der Waals surface area (Å²) in [5.74, 6) is 2.87. The van der Waals surface area contributed by atoms with E-state index in [9.17, 15) is 9.59 Å². The van der Waals surface area contributed by atoms with Crippen LogP contribution in [0.2, 0.25) is 0 Å². The molecular formula is C32H26N2O8. The summed E-state index contributed by atoms with van der Waals surface area (Å²) < 4.78 is 35.1. The Morgan fingerprint density at radius 2 is 1.38 bits per heavy atom. The summed E-state index contributed by atoms with van der Waals surface area (Å²) in [5.41, 5.74) is 2.31. The van der Waals surface area contributed by atoms with Crippen LogP contribution in [0.1, 0.15) is 21.5 Å². The molecule has 0 saturated heterocycles. The largest absolute Gasteiger partial charge is 0.497 e. The van der Waals surface area contributed by atoms with Crippen molar-refractivity contribution in [1.82, 2.24) is 9.88 Å². The van der Waals surface area contributed by atoms with Crippen molar-refractivity contribution in [2.24, 2.45) is 0 Å². The summed E-state index contributed by atoms with van der Waals surface area (Å²) >= 11 is 0. The monoisotopic (exact) mass is 566 g/mol. The molecule has 2 aliphatic heterocycles. The molecule has 1 amide bonds. The second-order valence-corrected chi connectivity index (χ2v) is 9.90. The first kappa shape index (κ1) is 25.6. The molecule has 2 aliphatic rings. The molecule has 0 bridgehead atoms. The third-order valence-corrected chi connectivity index (χ3v) is 7.52. The summed E-state index contributed by atoms with van der Waals surface area (Å²) in [6, 6.07) is 20.0. The lowest BCUT2D eigenvalue weighted by Gasteiger charge is -2.18. The van der Waals surface area contributed by atoms with E-state index in [1.165, 1.54) is 0 Å². The second kappa shape index (κ2) is 10.2. The van der Waals surface area contributed by atoms with Crippen LogP contribution < -0.4 is 39.3 Å². The van der Waals surface area contributed by atoms with Crippen molar-refractivity contribution >= 4 is 27.6 Å². The molecule has 0 fully saturated rings. The Labute approximate surface area is 239 Å². The van der Waals surface area contributed by atoms with Crippen LogP contribution in [0.15, 0.2) is 71.5 Å². The maximum Gasteiger partial charge on any atom is 0.259 e. The molecule has 0 unspecified atom stereocenters. The quantitative estimate of drug-likeness (QED) is 0.285. The maximum atomic E-state index is 14.1. The zero-order valence-corrected chi connectivity index (χ0v) is 22.9. The molecule has 1 N–H and O–H groups in total. The van der Waals surface area contributed by atoms with Crippen LogP contribution in [0, 0.1) is 0 Å². The first-order chi connectivity index (χ1) is 20.5. The first-order valence-electron chi connectivity index (χ1n) is 13.3. The van der Waals surface area contributed by atoms with Crippen molar-refractivity contribution in [1.29, 1.82) is 0 Å². The van der Waals surface area contributed by atoms with Gasteiger partial charge in [0, 0.05) is 17.3 Å². The summed E-state index contributed by atoms with van der Waals surface area (Å²) in [7, 11) is 3.20. The number of methoxy groups -OCH3 is 2. The van der Waals surface area contributed by atoms with E-state index in [0.29, 0.717) is 56.0 Å². The van der Waals surface area contributed by atoms with Crippen LogP contribution >= 0.6 is 0 Å². The highest BCUT2D eigenvalue weighted by atomic mass is 16.7. The fourth-order valence-electron chi connectivity index (χ4n) is 5.39. The number of benzene rings is 4. The topological polar surface area (TPSA) is 106 Å². The fourth-order valence-corrected chi connectivity index (χ4v) is 5.39. The van der Waals surface area contributed by atoms with Gasteiger partial charge in [-0.3, -0.25) is 14.2 Å². The van der Waals surface area contributed by atoms with Gasteiger partial charge in [-0.2, -0.15) is 0 Å². The molecule has 3 heterocycles. The maximum absolute atomic E-state index is 14.1. The molecule has 1 aromatic heterocycles. The molecule has 4 aromatic carbocycles. The number of fused-ring (bicyclic) bond motifs is 6. The van der Waals surface area contributed by atoms with E-state index in [4.69, 9.17) is 28.4 Å². The fraction of sp³-hybridized carbons (Fsp3) is 0.188. The van der Waals surface area contributed by atoms with Crippen LogP contribution in [-0.4, -0.2) is 38.3 Å². The van der Waals surface area contributed by atoms with Gasteiger partial charge in [-0.1, -0.05) is 24.3 Å². The van der Waals surface area contributed by atoms with Gasteiger partial charge in [0.2, 0.25) is 13.6 Å². The Hall–Kier alpha value is -5.38. The Morgan fingerprint density at radius 1 is 0.786 bits per heavy atom. The summed E-state index contributed by atoms with van der Waals surface area (Å²) in [6.45, 7) is 0.521. The molecular weight excluding hydrogens is 540 g/mol. The van der Waals surface area contributed by atoms with Crippen molar-refractivity contribution in [3.05, 3.63) is 93.8 Å². The molecule has 0 spiro atoms. The van der Waals surface area contributed by atoms with Gasteiger partial charge >= 0.3 is 0 Å². The van der Waals surface area contributed by atoms with E-state index in [0.717, 1.165) is 16.9 Å². The average molecular weight is 567 g/mol. The second-order valence-electron chi connectivity index (χ2n) is 9.90. The van der Waals surface area contributed by atoms with Crippen molar-refractivity contribution in [3.8, 4) is 34.5 Å². The van der Waals surface area contributed by atoms with Gasteiger partial charge in [0.15, 0.2) is 23.0 Å². The normalized spacial score (nSPS) is 13.0. The van der Waals surface area contributed by atoms with Crippen LogP contribution in [0.3, 0.4) is 0 Å². The highest BCUT2D eigenvalue weighted by molar-refractivity contribution is 6.19. The minimum absolute atomic E-state index is 0.0305. The molecule has 10 nitrogen and oxygen atoms in total. The number of hydrogen-bond acceptors (Lipinski definition) is 8. The number of pyridine rings is 1. The van der Waals surface area contributed by atoms with Gasteiger partial charge in [0.25, 0.3) is 11.5 Å². The molecule has 0 radical (unpaired) electrons. The number of nitrogens with one attached hydrogen (secondary N) is 1. The van der Waals surface area contributed by atoms with Crippen molar-refractivity contribution in [3.63, 3.8) is 0 Å². The number of rotatable bonds is 7. The molecule has 10 heteroatoms. The molecule has 5 aromatic rings. The third-order valence-electron chi connectivity index (χ3n) is 7.52. The number of carbonyl (C=O) groups is 1. The number of amides is 1. The zero-order valence-electron chi connectivity index (χ0n) is 22.9. The van der Waals surface area contributed by atoms with Gasteiger partial charge in [0.05, 0.1) is 37.2 Å². The van der Waals surface area contributed by atoms with Crippen LogP contribution in [0.4, 0.5) is 0 Å². The van der Waals surface area contributed by atoms with Gasteiger partial charge in [-0.05, 0) is 53.6 Å². The van der Waals surface area contributed by atoms with E-state index in [-0.39, 0.29) is 38.1 Å². The average Bonchev–Trinajstić information content (AvgIpc) is 3.70. The predicted octanol–water partition coefficient (Wildman–Crippen LogP) is 4.61. The number of carbonyl (C=O) groups excluding carboxylic acids is 1. The van der Waals surface area contributed by atoms with Crippen molar-refractivity contribution < 1.29 is 33.2 Å². The van der Waals surface area contributed by atoms with E-state index in [1.54, 1.807) is 37.0 Å². The van der Waals surface area contributed by atoms with Crippen molar-refractivity contribution in [2.75, 3.05) is 27.8 Å². The summed E-state index contributed by atoms with van der Waals surface area (Å²) in [5, 5.41) is 4.51. The Balaban J connectivity index is 1.43. The lowest BCUT2D eigenvalue weighted by molar-refractivity contribution is 0.0952. The van der Waals surface area contributed by atoms with E-state index >= 15 is 0 Å². The molecule has 42 heavy (non-hydrogen) atoms. The van der Waals surface area contributed by atoms with Crippen molar-refractivity contribution in [2.45, 2.75) is 13.1 Å². The Kier molecular flexibility index (Phi) is 6.23. The number of ether oxygens (including phenoxy) is 6. The van der Waals surface area contributed by atoms with E-state index in [2.05, 4.69) is 5.32 Å². The van der Waals surface area contributed by atoms with Gasteiger partial charge in [-0.25, -0.2) is 0 Å². The minimum Gasteiger partial charge on any atom is -0.497 e. The van der Waals surface area contributed by atoms with E-state index < -0.39 is 0 Å². The standard InChI is InChI=1S/C32H26N2O8/c1-37-20-7-3-18(4-8-20)14-33-31(35)24-13-27-30(42-17-41-27)29-28(24)22-11-25-26(40-16-39-25)12-23(22)32(36)34(29)15-19-5-9-21(38-2)10-6-19/h3-13H,14-17H2,1-2H3,(H,33,35). The first-order valence-corrected chi connectivity index (χ1v) is 13.3. The SMILES string of the molecule is COc1ccc(CNC(=O)c2cc3c(c4c2c2cc5c(cc2c(=O)n4Cc2ccc(OC)cc2)OCO5)OCO3)cc1. The third kappa shape index (κ3) is 4.28. The van der Waals surface area contributed by atoms with Gasteiger partial charge in [0.1, 0.15) is 11.5 Å². The molecule has 7 rings (SSSR count). The summed E-state index contributed by atoms with van der Waals surface area (Å²) in [4.78, 5) is 28.0. The lowest BCUT2D eigenvalue weighted by atomic mass is 9.98. The molecule has 0 saturated carbocycles. The Morgan fingerprint density at radius 3 is 2.05 bits per heavy atom. The predicted molar refractivity (Wildman–Crippen MR) is 154 cm³/mol. The smallest absolute Gasteiger partial charge is 0.259 e. The Bertz CT molecular complexity index is 1910.